The highest BCUT2D eigenvalue weighted by Crippen LogP contribution is 2.33. The lowest BCUT2D eigenvalue weighted by Gasteiger charge is -2.04. The molecule has 0 unspecified atom stereocenters. The van der Waals surface area contributed by atoms with Crippen LogP contribution in [0.15, 0.2) is 46.1 Å². The molecular weight excluding hydrogens is 248 g/mol. The molecule has 3 rings (SSSR count). The number of rotatable bonds is 1. The molecule has 6 nitrogen and oxygen atoms in total. The molecule has 0 radical (unpaired) electrons. The van der Waals surface area contributed by atoms with Crippen LogP contribution in [0.5, 0.6) is 11.5 Å². The fourth-order valence-electron chi connectivity index (χ4n) is 1.76. The first-order chi connectivity index (χ1) is 9.16. The molecule has 3 aromatic rings. The summed E-state index contributed by atoms with van der Waals surface area (Å²) in [6, 6.07) is 3.92. The Bertz CT molecular complexity index is 812. The van der Waals surface area contributed by atoms with Crippen molar-refractivity contribution in [3.63, 3.8) is 0 Å². The zero-order valence-electron chi connectivity index (χ0n) is 9.57. The first-order valence-corrected chi connectivity index (χ1v) is 5.41. The average Bonchev–Trinajstić information content (AvgIpc) is 2.44. The Morgan fingerprint density at radius 1 is 1.11 bits per heavy atom. The van der Waals surface area contributed by atoms with Crippen molar-refractivity contribution in [3.05, 3.63) is 47.1 Å². The van der Waals surface area contributed by atoms with E-state index in [9.17, 15) is 15.0 Å². The summed E-state index contributed by atoms with van der Waals surface area (Å²) < 4.78 is 5.45. The van der Waals surface area contributed by atoms with E-state index in [1.807, 2.05) is 0 Å². The summed E-state index contributed by atoms with van der Waals surface area (Å²) in [7, 11) is 0. The van der Waals surface area contributed by atoms with Crippen LogP contribution in [0.25, 0.3) is 22.3 Å². The second-order valence-electron chi connectivity index (χ2n) is 3.91. The van der Waals surface area contributed by atoms with Gasteiger partial charge >= 0.3 is 0 Å². The fourth-order valence-corrected chi connectivity index (χ4v) is 1.76. The van der Waals surface area contributed by atoms with Crippen LogP contribution in [-0.4, -0.2) is 20.2 Å². The number of aromatic nitrogens is 2. The van der Waals surface area contributed by atoms with Crippen LogP contribution in [0.3, 0.4) is 0 Å². The molecular formula is C13H8N2O4. The Morgan fingerprint density at radius 2 is 1.84 bits per heavy atom. The monoisotopic (exact) mass is 256 g/mol. The van der Waals surface area contributed by atoms with E-state index in [2.05, 4.69) is 9.97 Å². The minimum atomic E-state index is -0.465. The lowest BCUT2D eigenvalue weighted by Crippen LogP contribution is -2.00. The van der Waals surface area contributed by atoms with Gasteiger partial charge in [0.15, 0.2) is 16.8 Å². The normalized spacial score (nSPS) is 10.7. The molecule has 1 aromatic carbocycles. The Morgan fingerprint density at radius 3 is 2.58 bits per heavy atom. The van der Waals surface area contributed by atoms with Crippen molar-refractivity contribution < 1.29 is 14.6 Å². The van der Waals surface area contributed by atoms with Crippen molar-refractivity contribution in [1.82, 2.24) is 9.97 Å². The third kappa shape index (κ3) is 1.79. The molecule has 19 heavy (non-hydrogen) atoms. The maximum Gasteiger partial charge on any atom is 0.201 e. The lowest BCUT2D eigenvalue weighted by molar-refractivity contribution is 0.400. The van der Waals surface area contributed by atoms with Crippen LogP contribution in [0.4, 0.5) is 0 Å². The summed E-state index contributed by atoms with van der Waals surface area (Å²) in [5, 5.41) is 19.4. The highest BCUT2D eigenvalue weighted by Gasteiger charge is 2.13. The van der Waals surface area contributed by atoms with E-state index in [-0.39, 0.29) is 27.9 Å². The maximum absolute atomic E-state index is 11.9. The highest BCUT2D eigenvalue weighted by atomic mass is 16.4. The predicted octanol–water partition coefficient (Wildman–Crippen LogP) is 1.66. The van der Waals surface area contributed by atoms with E-state index in [0.29, 0.717) is 5.56 Å². The van der Waals surface area contributed by atoms with Crippen LogP contribution in [0.1, 0.15) is 0 Å². The van der Waals surface area contributed by atoms with Gasteiger partial charge in [0.1, 0.15) is 12.1 Å². The topological polar surface area (TPSA) is 96.5 Å². The molecule has 0 aliphatic rings. The van der Waals surface area contributed by atoms with Crippen LogP contribution in [0.2, 0.25) is 0 Å². The molecule has 0 aliphatic carbocycles. The number of hydrogen-bond donors (Lipinski definition) is 2. The van der Waals surface area contributed by atoms with E-state index in [4.69, 9.17) is 4.42 Å². The van der Waals surface area contributed by atoms with Gasteiger partial charge in [-0.15, -0.1) is 0 Å². The van der Waals surface area contributed by atoms with Gasteiger partial charge in [-0.05, 0) is 12.1 Å². The van der Waals surface area contributed by atoms with Crippen molar-refractivity contribution in [2.45, 2.75) is 0 Å². The van der Waals surface area contributed by atoms with Gasteiger partial charge in [0.05, 0.1) is 10.9 Å². The fraction of sp³-hybridized carbons (Fsp3) is 0. The van der Waals surface area contributed by atoms with Gasteiger partial charge in [0.2, 0.25) is 5.75 Å². The van der Waals surface area contributed by atoms with Crippen LogP contribution in [0, 0.1) is 0 Å². The number of phenolic OH excluding ortho intramolecular Hbond substituents is 2. The summed E-state index contributed by atoms with van der Waals surface area (Å²) in [5.41, 5.74) is 0.117. The van der Waals surface area contributed by atoms with Crippen LogP contribution < -0.4 is 5.43 Å². The van der Waals surface area contributed by atoms with Crippen molar-refractivity contribution in [2.24, 2.45) is 0 Å². The standard InChI is InChI=1S/C13H8N2O4/c16-9-2-1-8-10(17)3-11(19-13(8)12(9)18)7-4-14-6-15-5-7/h1-6,16,18H. The van der Waals surface area contributed by atoms with Gasteiger partial charge in [-0.2, -0.15) is 0 Å². The first kappa shape index (κ1) is 11.2. The molecule has 2 heterocycles. The highest BCUT2D eigenvalue weighted by molar-refractivity contribution is 5.86. The van der Waals surface area contributed by atoms with Crippen molar-refractivity contribution >= 4 is 11.0 Å². The van der Waals surface area contributed by atoms with Gasteiger partial charge in [-0.3, -0.25) is 4.79 Å². The zero-order valence-corrected chi connectivity index (χ0v) is 9.57. The predicted molar refractivity (Wildman–Crippen MR) is 66.8 cm³/mol. The lowest BCUT2D eigenvalue weighted by atomic mass is 10.1. The summed E-state index contributed by atoms with van der Waals surface area (Å²) in [6.45, 7) is 0. The first-order valence-electron chi connectivity index (χ1n) is 5.41. The van der Waals surface area contributed by atoms with Gasteiger partial charge in [-0.1, -0.05) is 0 Å². The zero-order chi connectivity index (χ0) is 13.4. The number of fused-ring (bicyclic) bond motifs is 1. The quantitative estimate of drug-likeness (QED) is 0.643. The van der Waals surface area contributed by atoms with Crippen LogP contribution in [-0.2, 0) is 0 Å². The Kier molecular flexibility index (Phi) is 2.42. The molecule has 2 N–H and O–H groups in total. The summed E-state index contributed by atoms with van der Waals surface area (Å²) in [5.74, 6) is -0.593. The van der Waals surface area contributed by atoms with Gasteiger partial charge in [0, 0.05) is 18.5 Å². The number of aromatic hydroxyl groups is 2. The van der Waals surface area contributed by atoms with Gasteiger partial charge in [0.25, 0.3) is 0 Å². The summed E-state index contributed by atoms with van der Waals surface area (Å²) >= 11 is 0. The molecule has 0 spiro atoms. The molecule has 6 heteroatoms. The Balaban J connectivity index is 2.36. The minimum absolute atomic E-state index is 0.0636. The largest absolute Gasteiger partial charge is 0.504 e. The second-order valence-corrected chi connectivity index (χ2v) is 3.91. The van der Waals surface area contributed by atoms with Gasteiger partial charge in [-0.25, -0.2) is 9.97 Å². The SMILES string of the molecule is O=c1cc(-c2cncnc2)oc2c(O)c(O)ccc12. The molecule has 0 saturated carbocycles. The van der Waals surface area contributed by atoms with E-state index in [1.54, 1.807) is 0 Å². The molecule has 2 aromatic heterocycles. The molecule has 94 valence electrons. The Hall–Kier alpha value is -2.89. The smallest absolute Gasteiger partial charge is 0.201 e. The molecule has 0 bridgehead atoms. The Labute approximate surface area is 106 Å². The summed E-state index contributed by atoms with van der Waals surface area (Å²) in [4.78, 5) is 19.6. The molecule has 0 atom stereocenters. The van der Waals surface area contributed by atoms with Gasteiger partial charge < -0.3 is 14.6 Å². The second kappa shape index (κ2) is 4.09. The maximum atomic E-state index is 11.9. The molecule has 0 amide bonds. The number of nitrogens with zero attached hydrogens (tertiary/aromatic N) is 2. The molecule has 0 saturated heterocycles. The van der Waals surface area contributed by atoms with Crippen molar-refractivity contribution in [2.75, 3.05) is 0 Å². The van der Waals surface area contributed by atoms with E-state index in [1.165, 1.54) is 36.9 Å². The summed E-state index contributed by atoms with van der Waals surface area (Å²) in [6.07, 6.45) is 4.32. The number of hydrogen-bond acceptors (Lipinski definition) is 6. The third-order valence-electron chi connectivity index (χ3n) is 2.69. The minimum Gasteiger partial charge on any atom is -0.504 e. The van der Waals surface area contributed by atoms with E-state index >= 15 is 0 Å². The third-order valence-corrected chi connectivity index (χ3v) is 2.69. The number of benzene rings is 1. The van der Waals surface area contributed by atoms with E-state index in [0.717, 1.165) is 0 Å². The van der Waals surface area contributed by atoms with Crippen LogP contribution >= 0.6 is 0 Å². The van der Waals surface area contributed by atoms with Crippen molar-refractivity contribution in [1.29, 1.82) is 0 Å². The number of phenols is 2. The average molecular weight is 256 g/mol. The molecule has 0 aliphatic heterocycles. The van der Waals surface area contributed by atoms with Crippen molar-refractivity contribution in [3.8, 4) is 22.8 Å². The molecule has 0 fully saturated rings. The van der Waals surface area contributed by atoms with E-state index < -0.39 is 5.75 Å².